The highest BCUT2D eigenvalue weighted by atomic mass is 16.5. The maximum absolute atomic E-state index is 13.9. The van der Waals surface area contributed by atoms with E-state index in [-0.39, 0.29) is 30.7 Å². The van der Waals surface area contributed by atoms with Crippen molar-refractivity contribution in [3.05, 3.63) is 17.2 Å². The molecule has 5 N–H and O–H groups in total. The lowest BCUT2D eigenvalue weighted by Gasteiger charge is -2.52. The van der Waals surface area contributed by atoms with Crippen LogP contribution in [0.3, 0.4) is 0 Å². The number of carbonyl (C=O) groups excluding carboxylic acids is 6. The molecule has 1 aromatic carbocycles. The number of fused-ring (bicyclic) bond motifs is 3. The predicted molar refractivity (Wildman–Crippen MR) is 136 cm³/mol. The largest absolute Gasteiger partial charge is 0.505 e. The van der Waals surface area contributed by atoms with Gasteiger partial charge in [-0.3, -0.25) is 33.7 Å². The third kappa shape index (κ3) is 4.12. The fraction of sp³-hybridized carbons (Fsp3) is 0.538. The van der Waals surface area contributed by atoms with Gasteiger partial charge in [0.05, 0.1) is 23.2 Å². The Bertz CT molecular complexity index is 1310. The summed E-state index contributed by atoms with van der Waals surface area (Å²) in [5.41, 5.74) is 3.17. The SMILES string of the molecule is COCC(=O)Nc1cc(N(C)C)c2c(c1O)C(=O)C1C(=O)[C@]3(O)C(=O)C(C(N)=O)C(=O)[C@@H](N(C)C)C3CC1C2. The van der Waals surface area contributed by atoms with E-state index in [9.17, 15) is 39.0 Å². The molecule has 13 nitrogen and oxygen atoms in total. The molecule has 0 saturated heterocycles. The van der Waals surface area contributed by atoms with Crippen molar-refractivity contribution < 1.29 is 43.7 Å². The van der Waals surface area contributed by atoms with Gasteiger partial charge in [-0.25, -0.2) is 0 Å². The molecule has 13 heteroatoms. The Morgan fingerprint density at radius 3 is 2.33 bits per heavy atom. The quantitative estimate of drug-likeness (QED) is 0.241. The molecule has 6 atom stereocenters. The average Bonchev–Trinajstić information content (AvgIpc) is 2.82. The second-order valence-electron chi connectivity index (χ2n) is 10.8. The van der Waals surface area contributed by atoms with Crippen molar-refractivity contribution in [1.82, 2.24) is 4.90 Å². The standard InChI is InChI=1S/C26H32N4O9/c1-29(2)14-8-13(28-15(31)9-39-5)20(32)17-11(14)6-10-7-12-19(30(3)4)22(34)18(25(27)37)24(36)26(12,38)23(35)16(10)21(17)33/h8,10,12,16,18-19,32,38H,6-7,9H2,1-5H3,(H2,27,37)(H,28,31)/t10?,12?,16?,18?,19-,26-/m0/s1. The predicted octanol–water partition coefficient (Wildman–Crippen LogP) is -1.48. The number of anilines is 2. The molecule has 0 radical (unpaired) electrons. The Kier molecular flexibility index (Phi) is 7.13. The first kappa shape index (κ1) is 28.3. The van der Waals surface area contributed by atoms with Crippen LogP contribution in [0.4, 0.5) is 11.4 Å². The molecule has 0 aliphatic heterocycles. The summed E-state index contributed by atoms with van der Waals surface area (Å²) in [6.45, 7) is -0.311. The fourth-order valence-electron chi connectivity index (χ4n) is 6.46. The third-order valence-corrected chi connectivity index (χ3v) is 8.07. The van der Waals surface area contributed by atoms with Gasteiger partial charge in [0, 0.05) is 32.8 Å². The number of phenolic OH excluding ortho intramolecular Hbond substituents is 1. The van der Waals surface area contributed by atoms with Crippen LogP contribution in [0.15, 0.2) is 6.07 Å². The Labute approximate surface area is 224 Å². The number of ketones is 4. The maximum atomic E-state index is 13.9. The molecule has 0 bridgehead atoms. The number of primary amides is 1. The first-order valence-corrected chi connectivity index (χ1v) is 12.4. The van der Waals surface area contributed by atoms with Gasteiger partial charge in [-0.05, 0) is 44.5 Å². The number of phenols is 1. The molecule has 4 rings (SSSR count). The summed E-state index contributed by atoms with van der Waals surface area (Å²) in [6, 6.07) is 0.330. The number of hydrogen-bond donors (Lipinski definition) is 4. The summed E-state index contributed by atoms with van der Waals surface area (Å²) in [6.07, 6.45) is 0.0586. The van der Waals surface area contributed by atoms with E-state index in [2.05, 4.69) is 5.32 Å². The third-order valence-electron chi connectivity index (χ3n) is 8.07. The fourth-order valence-corrected chi connectivity index (χ4v) is 6.46. The van der Waals surface area contributed by atoms with E-state index in [1.807, 2.05) is 0 Å². The van der Waals surface area contributed by atoms with Gasteiger partial charge in [-0.2, -0.15) is 0 Å². The number of rotatable bonds is 6. The molecular weight excluding hydrogens is 512 g/mol. The number of benzene rings is 1. The van der Waals surface area contributed by atoms with E-state index >= 15 is 0 Å². The summed E-state index contributed by atoms with van der Waals surface area (Å²) < 4.78 is 4.81. The van der Waals surface area contributed by atoms with Crippen LogP contribution in [0.5, 0.6) is 5.75 Å². The van der Waals surface area contributed by atoms with Crippen molar-refractivity contribution >= 4 is 46.3 Å². The van der Waals surface area contributed by atoms with Crippen LogP contribution >= 0.6 is 0 Å². The first-order chi connectivity index (χ1) is 18.2. The zero-order valence-corrected chi connectivity index (χ0v) is 22.3. The van der Waals surface area contributed by atoms with Crippen LogP contribution in [0, 0.1) is 23.7 Å². The van der Waals surface area contributed by atoms with E-state index in [0.717, 1.165) is 0 Å². The molecule has 4 unspecified atom stereocenters. The van der Waals surface area contributed by atoms with Gasteiger partial charge in [0.1, 0.15) is 12.4 Å². The minimum absolute atomic E-state index is 0.0517. The number of amides is 2. The van der Waals surface area contributed by atoms with Gasteiger partial charge in [0.2, 0.25) is 11.8 Å². The number of aromatic hydroxyl groups is 1. The van der Waals surface area contributed by atoms with Gasteiger partial charge in [0.15, 0.2) is 34.7 Å². The van der Waals surface area contributed by atoms with Gasteiger partial charge >= 0.3 is 0 Å². The number of nitrogens with one attached hydrogen (secondary N) is 1. The molecule has 1 aromatic rings. The molecule has 3 aliphatic rings. The number of nitrogens with zero attached hydrogens (tertiary/aromatic N) is 2. The average molecular weight is 545 g/mol. The summed E-state index contributed by atoms with van der Waals surface area (Å²) in [7, 11) is 7.78. The molecule has 39 heavy (non-hydrogen) atoms. The molecule has 0 heterocycles. The van der Waals surface area contributed by atoms with Crippen molar-refractivity contribution in [1.29, 1.82) is 0 Å². The van der Waals surface area contributed by atoms with Gasteiger partial charge < -0.3 is 30.9 Å². The zero-order chi connectivity index (χ0) is 29.1. The summed E-state index contributed by atoms with van der Waals surface area (Å²) in [4.78, 5) is 81.7. The normalized spacial score (nSPS) is 30.0. The smallest absolute Gasteiger partial charge is 0.250 e. The number of carbonyl (C=O) groups is 6. The van der Waals surface area contributed by atoms with E-state index < -0.39 is 76.0 Å². The summed E-state index contributed by atoms with van der Waals surface area (Å²) >= 11 is 0. The molecule has 3 aliphatic carbocycles. The maximum Gasteiger partial charge on any atom is 0.250 e. The Morgan fingerprint density at radius 1 is 1.15 bits per heavy atom. The Hall–Kier alpha value is -3.68. The lowest BCUT2D eigenvalue weighted by atomic mass is 9.52. The van der Waals surface area contributed by atoms with Gasteiger partial charge in [-0.1, -0.05) is 0 Å². The van der Waals surface area contributed by atoms with Crippen molar-refractivity contribution in [2.24, 2.45) is 29.4 Å². The van der Waals surface area contributed by atoms with Crippen molar-refractivity contribution in [2.75, 3.05) is 52.1 Å². The Balaban J connectivity index is 1.87. The minimum atomic E-state index is -2.80. The highest BCUT2D eigenvalue weighted by Gasteiger charge is 2.69. The van der Waals surface area contributed by atoms with Crippen LogP contribution < -0.4 is 16.0 Å². The number of likely N-dealkylation sites (N-methyl/N-ethyl adjacent to an activating group) is 1. The van der Waals surface area contributed by atoms with E-state index in [1.165, 1.54) is 32.2 Å². The van der Waals surface area contributed by atoms with Crippen LogP contribution in [0.2, 0.25) is 0 Å². The highest BCUT2D eigenvalue weighted by Crippen LogP contribution is 2.52. The lowest BCUT2D eigenvalue weighted by Crippen LogP contribution is -2.74. The molecule has 2 amide bonds. The number of methoxy groups -OCH3 is 1. The van der Waals surface area contributed by atoms with E-state index in [1.54, 1.807) is 19.0 Å². The molecule has 0 spiro atoms. The molecule has 2 saturated carbocycles. The number of nitrogens with two attached hydrogens (primary N) is 1. The van der Waals surface area contributed by atoms with Crippen LogP contribution in [-0.2, 0) is 35.1 Å². The van der Waals surface area contributed by atoms with Crippen LogP contribution in [0.25, 0.3) is 0 Å². The Morgan fingerprint density at radius 2 is 1.79 bits per heavy atom. The van der Waals surface area contributed by atoms with E-state index in [4.69, 9.17) is 10.5 Å². The molecule has 2 fully saturated rings. The second-order valence-corrected chi connectivity index (χ2v) is 10.8. The van der Waals surface area contributed by atoms with Crippen molar-refractivity contribution in [3.63, 3.8) is 0 Å². The van der Waals surface area contributed by atoms with Crippen LogP contribution in [0.1, 0.15) is 22.3 Å². The first-order valence-electron chi connectivity index (χ1n) is 12.4. The summed E-state index contributed by atoms with van der Waals surface area (Å²) in [5, 5.41) is 25.2. The lowest BCUT2D eigenvalue weighted by molar-refractivity contribution is -0.181. The van der Waals surface area contributed by atoms with Crippen molar-refractivity contribution in [2.45, 2.75) is 24.5 Å². The number of aliphatic hydroxyl groups is 1. The van der Waals surface area contributed by atoms with Crippen LogP contribution in [-0.4, -0.2) is 104 Å². The zero-order valence-electron chi connectivity index (χ0n) is 22.3. The monoisotopic (exact) mass is 544 g/mol. The molecule has 0 aromatic heterocycles. The molecular formula is C26H32N4O9. The van der Waals surface area contributed by atoms with Crippen molar-refractivity contribution in [3.8, 4) is 5.75 Å². The minimum Gasteiger partial charge on any atom is -0.505 e. The topological polar surface area (TPSA) is 197 Å². The highest BCUT2D eigenvalue weighted by molar-refractivity contribution is 6.32. The number of hydrogen-bond acceptors (Lipinski definition) is 11. The van der Waals surface area contributed by atoms with Gasteiger partial charge in [0.25, 0.3) is 0 Å². The van der Waals surface area contributed by atoms with E-state index in [0.29, 0.717) is 11.3 Å². The second kappa shape index (κ2) is 9.81. The van der Waals surface area contributed by atoms with Gasteiger partial charge in [-0.15, -0.1) is 0 Å². The number of ether oxygens (including phenoxy) is 1. The molecule has 210 valence electrons. The number of Topliss-reactive ketones (excluding diaryl/α,β-unsaturated/α-hetero) is 4. The summed E-state index contributed by atoms with van der Waals surface area (Å²) in [5.74, 6) is -12.0.